The second-order valence-corrected chi connectivity index (χ2v) is 8.93. The predicted octanol–water partition coefficient (Wildman–Crippen LogP) is 2.04. The van der Waals surface area contributed by atoms with Crippen molar-refractivity contribution in [3.63, 3.8) is 0 Å². The lowest BCUT2D eigenvalue weighted by atomic mass is 10.1. The molecular formula is C27H43NO11. The number of hydrogen-bond acceptors (Lipinski definition) is 11. The number of esters is 1. The second kappa shape index (κ2) is 22.2. The van der Waals surface area contributed by atoms with Gasteiger partial charge in [0.1, 0.15) is 12.2 Å². The normalized spacial score (nSPS) is 11.3. The van der Waals surface area contributed by atoms with E-state index in [9.17, 15) is 14.4 Å². The number of nitrogens with one attached hydrogen (secondary N) is 1. The Kier molecular flexibility index (Phi) is 19.6. The topological polar surface area (TPSA) is 137 Å². The number of hydrogen-bond donors (Lipinski definition) is 1. The third-order valence-electron chi connectivity index (χ3n) is 4.46. The van der Waals surface area contributed by atoms with Crippen molar-refractivity contribution in [1.82, 2.24) is 5.32 Å². The molecule has 0 atom stereocenters. The lowest BCUT2D eigenvalue weighted by Crippen LogP contribution is -2.34. The van der Waals surface area contributed by atoms with Crippen LogP contribution in [0.2, 0.25) is 0 Å². The van der Waals surface area contributed by atoms with Crippen LogP contribution in [0.1, 0.15) is 31.1 Å². The van der Waals surface area contributed by atoms with Crippen LogP contribution in [0, 0.1) is 0 Å². The van der Waals surface area contributed by atoms with E-state index in [0.717, 1.165) is 0 Å². The third-order valence-corrected chi connectivity index (χ3v) is 4.46. The Balaban J connectivity index is 1.75. The van der Waals surface area contributed by atoms with Crippen LogP contribution in [0.25, 0.3) is 0 Å². The lowest BCUT2D eigenvalue weighted by Gasteiger charge is -2.19. The lowest BCUT2D eigenvalue weighted by molar-refractivity contribution is -0.139. The minimum absolute atomic E-state index is 0.00553. The molecule has 0 bridgehead atoms. The molecule has 1 rings (SSSR count). The summed E-state index contributed by atoms with van der Waals surface area (Å²) in [7, 11) is 0. The van der Waals surface area contributed by atoms with E-state index in [2.05, 4.69) is 5.32 Å². The van der Waals surface area contributed by atoms with Crippen molar-refractivity contribution in [1.29, 1.82) is 0 Å². The van der Waals surface area contributed by atoms with E-state index in [0.29, 0.717) is 84.8 Å². The van der Waals surface area contributed by atoms with Gasteiger partial charge in [-0.3, -0.25) is 4.79 Å². The Labute approximate surface area is 230 Å². The van der Waals surface area contributed by atoms with Gasteiger partial charge in [0.15, 0.2) is 0 Å². The summed E-state index contributed by atoms with van der Waals surface area (Å²) in [5.41, 5.74) is -0.226. The zero-order valence-corrected chi connectivity index (χ0v) is 23.3. The summed E-state index contributed by atoms with van der Waals surface area (Å²) in [5, 5.41) is 2.61. The quantitative estimate of drug-likeness (QED) is 0.0916. The van der Waals surface area contributed by atoms with E-state index in [1.165, 1.54) is 0 Å². The van der Waals surface area contributed by atoms with E-state index in [1.54, 1.807) is 51.1 Å². The van der Waals surface area contributed by atoms with Gasteiger partial charge in [-0.15, -0.1) is 0 Å². The molecule has 0 radical (unpaired) electrons. The largest absolute Gasteiger partial charge is 0.457 e. The average Bonchev–Trinajstić information content (AvgIpc) is 2.90. The Morgan fingerprint density at radius 3 is 1.46 bits per heavy atom. The van der Waals surface area contributed by atoms with Gasteiger partial charge in [-0.1, -0.05) is 30.3 Å². The van der Waals surface area contributed by atoms with E-state index < -0.39 is 23.4 Å². The molecule has 0 spiro atoms. The summed E-state index contributed by atoms with van der Waals surface area (Å²) in [6.07, 6.45) is -0.463. The summed E-state index contributed by atoms with van der Waals surface area (Å²) in [6.45, 7) is 10.5. The molecule has 1 amide bonds. The van der Waals surface area contributed by atoms with Crippen LogP contribution < -0.4 is 5.32 Å². The number of carbonyl (C=O) groups excluding carboxylic acids is 3. The number of Topliss-reactive ketones (excluding diaryl/α,β-unsaturated/α-hetero) is 1. The standard InChI is InChI=1S/C27H43NO11/c1-27(2,3)39-26(31)28-9-10-32-11-12-33-13-14-34-15-16-35-17-18-36-19-20-37-21-22-38-25(30)24(29)23-7-5-4-6-8-23/h4-8H,9-22H2,1-3H3,(H,28,31). The number of benzene rings is 1. The van der Waals surface area contributed by atoms with Gasteiger partial charge in [-0.2, -0.15) is 0 Å². The third kappa shape index (κ3) is 21.0. The predicted molar refractivity (Wildman–Crippen MR) is 141 cm³/mol. The van der Waals surface area contributed by atoms with Gasteiger partial charge in [-0.05, 0) is 20.8 Å². The number of rotatable bonds is 23. The van der Waals surface area contributed by atoms with Crippen LogP contribution in [0.3, 0.4) is 0 Å². The average molecular weight is 558 g/mol. The highest BCUT2D eigenvalue weighted by Gasteiger charge is 2.17. The molecule has 0 aromatic heterocycles. The highest BCUT2D eigenvalue weighted by molar-refractivity contribution is 6.40. The Morgan fingerprint density at radius 1 is 0.615 bits per heavy atom. The van der Waals surface area contributed by atoms with Gasteiger partial charge in [0.2, 0.25) is 0 Å². The molecule has 39 heavy (non-hydrogen) atoms. The van der Waals surface area contributed by atoms with Gasteiger partial charge in [0, 0.05) is 12.1 Å². The molecule has 0 aliphatic carbocycles. The molecule has 0 unspecified atom stereocenters. The minimum atomic E-state index is -0.900. The van der Waals surface area contributed by atoms with Crippen molar-refractivity contribution in [3.05, 3.63) is 35.9 Å². The summed E-state index contributed by atoms with van der Waals surface area (Å²) >= 11 is 0. The van der Waals surface area contributed by atoms with E-state index in [1.807, 2.05) is 0 Å². The Hall–Kier alpha value is -2.61. The first-order valence-electron chi connectivity index (χ1n) is 13.0. The first-order chi connectivity index (χ1) is 18.8. The fraction of sp³-hybridized carbons (Fsp3) is 0.667. The molecule has 222 valence electrons. The van der Waals surface area contributed by atoms with Gasteiger partial charge in [-0.25, -0.2) is 9.59 Å². The smallest absolute Gasteiger partial charge is 0.407 e. The number of carbonyl (C=O) groups is 3. The van der Waals surface area contributed by atoms with Crippen LogP contribution in [-0.2, 0) is 42.7 Å². The molecular weight excluding hydrogens is 514 g/mol. The zero-order valence-electron chi connectivity index (χ0n) is 23.3. The van der Waals surface area contributed by atoms with Crippen LogP contribution >= 0.6 is 0 Å². The van der Waals surface area contributed by atoms with Crippen molar-refractivity contribution in [2.45, 2.75) is 26.4 Å². The molecule has 0 aliphatic rings. The summed E-state index contributed by atoms with van der Waals surface area (Å²) in [6, 6.07) is 8.24. The molecule has 1 N–H and O–H groups in total. The fourth-order valence-electron chi connectivity index (χ4n) is 2.71. The SMILES string of the molecule is CC(C)(C)OC(=O)NCCOCCOCCOCCOCCOCCOCCOC(=O)C(=O)c1ccccc1. The van der Waals surface area contributed by atoms with Crippen molar-refractivity contribution < 1.29 is 52.3 Å². The molecule has 0 aliphatic heterocycles. The first kappa shape index (κ1) is 34.4. The van der Waals surface area contributed by atoms with Crippen molar-refractivity contribution >= 4 is 17.8 Å². The van der Waals surface area contributed by atoms with Crippen LogP contribution in [0.5, 0.6) is 0 Å². The van der Waals surface area contributed by atoms with E-state index in [4.69, 9.17) is 37.9 Å². The Morgan fingerprint density at radius 2 is 1.03 bits per heavy atom. The van der Waals surface area contributed by atoms with Crippen molar-refractivity contribution in [3.8, 4) is 0 Å². The maximum absolute atomic E-state index is 11.8. The number of ether oxygens (including phenoxy) is 8. The molecule has 0 heterocycles. The summed E-state index contributed by atoms with van der Waals surface area (Å²) in [5.74, 6) is -1.58. The molecule has 12 heteroatoms. The summed E-state index contributed by atoms with van der Waals surface area (Å²) < 4.78 is 42.3. The van der Waals surface area contributed by atoms with Gasteiger partial charge < -0.3 is 43.2 Å². The highest BCUT2D eigenvalue weighted by atomic mass is 16.6. The molecule has 0 fully saturated rings. The number of alkyl carbamates (subject to hydrolysis) is 1. The Bertz CT molecular complexity index is 784. The monoisotopic (exact) mass is 557 g/mol. The number of ketones is 1. The number of amides is 1. The highest BCUT2D eigenvalue weighted by Crippen LogP contribution is 2.06. The second-order valence-electron chi connectivity index (χ2n) is 8.93. The van der Waals surface area contributed by atoms with Crippen LogP contribution in [0.4, 0.5) is 4.79 Å². The molecule has 0 saturated heterocycles. The fourth-order valence-corrected chi connectivity index (χ4v) is 2.71. The van der Waals surface area contributed by atoms with Gasteiger partial charge in [0.05, 0.1) is 79.3 Å². The molecule has 12 nitrogen and oxygen atoms in total. The zero-order chi connectivity index (χ0) is 28.6. The van der Waals surface area contributed by atoms with Crippen molar-refractivity contribution in [2.75, 3.05) is 92.4 Å². The first-order valence-corrected chi connectivity index (χ1v) is 13.0. The van der Waals surface area contributed by atoms with Gasteiger partial charge in [0.25, 0.3) is 5.78 Å². The molecule has 1 aromatic carbocycles. The maximum Gasteiger partial charge on any atom is 0.407 e. The van der Waals surface area contributed by atoms with Gasteiger partial charge >= 0.3 is 12.1 Å². The van der Waals surface area contributed by atoms with E-state index in [-0.39, 0.29) is 13.2 Å². The minimum Gasteiger partial charge on any atom is -0.457 e. The van der Waals surface area contributed by atoms with Crippen molar-refractivity contribution in [2.24, 2.45) is 0 Å². The summed E-state index contributed by atoms with van der Waals surface area (Å²) in [4.78, 5) is 35.0. The molecule has 0 saturated carbocycles. The maximum atomic E-state index is 11.8. The molecule has 1 aromatic rings. The van der Waals surface area contributed by atoms with Crippen LogP contribution in [-0.4, -0.2) is 116 Å². The van der Waals surface area contributed by atoms with Crippen LogP contribution in [0.15, 0.2) is 30.3 Å². The van der Waals surface area contributed by atoms with E-state index >= 15 is 0 Å².